The normalized spacial score (nSPS) is 26.2. The number of alkyl halides is 3. The predicted molar refractivity (Wildman–Crippen MR) is 134 cm³/mol. The Kier molecular flexibility index (Phi) is 6.58. The summed E-state index contributed by atoms with van der Waals surface area (Å²) >= 11 is 0. The number of fused-ring (bicyclic) bond motifs is 1. The number of carbonyl (C=O) groups is 2. The molecule has 9 nitrogen and oxygen atoms in total. The quantitative estimate of drug-likeness (QED) is 0.451. The monoisotopic (exact) mass is 543 g/mol. The third kappa shape index (κ3) is 5.25. The smallest absolute Gasteiger partial charge is 0.355 e. The maximum Gasteiger partial charge on any atom is 0.393 e. The van der Waals surface area contributed by atoms with E-state index >= 15 is 0 Å². The van der Waals surface area contributed by atoms with Gasteiger partial charge in [0.1, 0.15) is 5.69 Å². The van der Waals surface area contributed by atoms with E-state index in [1.165, 1.54) is 12.8 Å². The van der Waals surface area contributed by atoms with Crippen LogP contribution in [0.5, 0.6) is 0 Å². The van der Waals surface area contributed by atoms with Crippen LogP contribution < -0.4 is 10.6 Å². The molecule has 3 aromatic heterocycles. The van der Waals surface area contributed by atoms with Crippen molar-refractivity contribution in [3.63, 3.8) is 0 Å². The molecule has 3 atom stereocenters. The second-order valence-electron chi connectivity index (χ2n) is 11.2. The van der Waals surface area contributed by atoms with Crippen molar-refractivity contribution in [1.82, 2.24) is 35.0 Å². The lowest BCUT2D eigenvalue weighted by Gasteiger charge is -2.40. The van der Waals surface area contributed by atoms with Gasteiger partial charge in [0.2, 0.25) is 5.91 Å². The zero-order valence-corrected chi connectivity index (χ0v) is 21.7. The number of hydrogen-bond donors (Lipinski definition) is 2. The number of halogens is 3. The second kappa shape index (κ2) is 9.95. The Bertz CT molecular complexity index is 1370. The van der Waals surface area contributed by atoms with Gasteiger partial charge >= 0.3 is 6.18 Å². The fourth-order valence-electron chi connectivity index (χ4n) is 6.14. The van der Waals surface area contributed by atoms with Crippen LogP contribution in [0, 0.1) is 29.6 Å². The number of hydrogen-bond acceptors (Lipinski definition) is 5. The molecule has 0 bridgehead atoms. The fourth-order valence-corrected chi connectivity index (χ4v) is 6.14. The van der Waals surface area contributed by atoms with Gasteiger partial charge in [0, 0.05) is 31.6 Å². The highest BCUT2D eigenvalue weighted by molar-refractivity contribution is 5.92. The summed E-state index contributed by atoms with van der Waals surface area (Å²) in [4.78, 5) is 30.3. The summed E-state index contributed by atoms with van der Waals surface area (Å²) in [5.41, 5.74) is 2.28. The number of amides is 2. The molecule has 6 rings (SSSR count). The fraction of sp³-hybridized carbons (Fsp3) is 0.593. The molecular weight excluding hydrogens is 511 g/mol. The van der Waals surface area contributed by atoms with E-state index in [1.54, 1.807) is 39.8 Å². The van der Waals surface area contributed by atoms with E-state index in [0.29, 0.717) is 35.2 Å². The minimum atomic E-state index is -4.35. The number of rotatable bonds is 8. The van der Waals surface area contributed by atoms with Gasteiger partial charge in [-0.3, -0.25) is 14.3 Å². The predicted octanol–water partition coefficient (Wildman–Crippen LogP) is 3.71. The summed E-state index contributed by atoms with van der Waals surface area (Å²) in [5, 5.41) is 14.4. The SMILES string of the molecule is CCn1nccc1C(=O)N[C@H](c1cn2nc(CC3C[C@@H](C(F)(F)F)CNC3=O)ccc2n1)[C@H]1C[C@@H](C2CC2)C1. The Hall–Kier alpha value is -3.44. The van der Waals surface area contributed by atoms with Gasteiger partial charge in [-0.1, -0.05) is 0 Å². The van der Waals surface area contributed by atoms with Crippen molar-refractivity contribution in [3.8, 4) is 0 Å². The van der Waals surface area contributed by atoms with E-state index in [9.17, 15) is 22.8 Å². The summed E-state index contributed by atoms with van der Waals surface area (Å²) in [5.74, 6) is -1.19. The van der Waals surface area contributed by atoms with Crippen molar-refractivity contribution in [3.05, 3.63) is 47.7 Å². The van der Waals surface area contributed by atoms with Gasteiger partial charge < -0.3 is 10.6 Å². The summed E-state index contributed by atoms with van der Waals surface area (Å²) in [6.45, 7) is 2.13. The first-order valence-corrected chi connectivity index (χ1v) is 13.7. The summed E-state index contributed by atoms with van der Waals surface area (Å²) in [7, 11) is 0. The molecule has 2 amide bonds. The van der Waals surface area contributed by atoms with E-state index in [0.717, 1.165) is 18.8 Å². The zero-order chi connectivity index (χ0) is 27.3. The Labute approximate surface area is 223 Å². The van der Waals surface area contributed by atoms with Gasteiger partial charge in [0.25, 0.3) is 5.91 Å². The van der Waals surface area contributed by atoms with Gasteiger partial charge in [-0.2, -0.15) is 23.4 Å². The molecule has 3 aromatic rings. The van der Waals surface area contributed by atoms with Crippen molar-refractivity contribution in [1.29, 1.82) is 0 Å². The molecule has 1 aliphatic heterocycles. The average Bonchev–Trinajstić information content (AvgIpc) is 3.42. The molecule has 0 radical (unpaired) electrons. The maximum atomic E-state index is 13.2. The Morgan fingerprint density at radius 1 is 1.18 bits per heavy atom. The molecule has 39 heavy (non-hydrogen) atoms. The first-order valence-electron chi connectivity index (χ1n) is 13.7. The third-order valence-electron chi connectivity index (χ3n) is 8.60. The van der Waals surface area contributed by atoms with Crippen molar-refractivity contribution in [2.45, 2.75) is 64.2 Å². The Morgan fingerprint density at radius 2 is 1.97 bits per heavy atom. The molecule has 1 unspecified atom stereocenters. The minimum Gasteiger partial charge on any atom is -0.355 e. The maximum absolute atomic E-state index is 13.2. The Balaban J connectivity index is 1.22. The van der Waals surface area contributed by atoms with Gasteiger partial charge in [0.05, 0.1) is 29.5 Å². The van der Waals surface area contributed by atoms with Gasteiger partial charge in [0.15, 0.2) is 5.65 Å². The van der Waals surface area contributed by atoms with E-state index < -0.39 is 18.0 Å². The van der Waals surface area contributed by atoms with Crippen LogP contribution in [0.4, 0.5) is 13.2 Å². The summed E-state index contributed by atoms with van der Waals surface area (Å²) < 4.78 is 43.0. The minimum absolute atomic E-state index is 0.106. The van der Waals surface area contributed by atoms with Crippen molar-refractivity contribution < 1.29 is 22.8 Å². The van der Waals surface area contributed by atoms with Gasteiger partial charge in [-0.05, 0) is 75.0 Å². The first kappa shape index (κ1) is 25.8. The van der Waals surface area contributed by atoms with Crippen LogP contribution in [0.15, 0.2) is 30.6 Å². The number of nitrogens with zero attached hydrogens (tertiary/aromatic N) is 5. The zero-order valence-electron chi connectivity index (χ0n) is 21.7. The molecular formula is C27H32F3N7O2. The van der Waals surface area contributed by atoms with Crippen LogP contribution in [0.25, 0.3) is 5.65 Å². The van der Waals surface area contributed by atoms with Crippen molar-refractivity contribution >= 4 is 17.5 Å². The number of aromatic nitrogens is 5. The number of imidazole rings is 1. The first-order chi connectivity index (χ1) is 18.7. The number of nitrogens with one attached hydrogen (secondary N) is 2. The van der Waals surface area contributed by atoms with E-state index in [4.69, 9.17) is 4.98 Å². The van der Waals surface area contributed by atoms with E-state index in [1.807, 2.05) is 6.92 Å². The highest BCUT2D eigenvalue weighted by Crippen LogP contribution is 2.52. The molecule has 12 heteroatoms. The molecule has 0 spiro atoms. The largest absolute Gasteiger partial charge is 0.393 e. The number of piperidine rings is 1. The Morgan fingerprint density at radius 3 is 2.69 bits per heavy atom. The molecule has 2 saturated carbocycles. The molecule has 208 valence electrons. The molecule has 3 fully saturated rings. The molecule has 0 aromatic carbocycles. The molecule has 2 N–H and O–H groups in total. The number of carbonyl (C=O) groups excluding carboxylic acids is 2. The summed E-state index contributed by atoms with van der Waals surface area (Å²) in [6.07, 6.45) is 3.53. The second-order valence-corrected chi connectivity index (χ2v) is 11.2. The molecule has 2 aliphatic carbocycles. The van der Waals surface area contributed by atoms with Crippen LogP contribution >= 0.6 is 0 Å². The standard InChI is InChI=1S/C27H32F3N7O2/c1-2-36-22(7-8-32-36)26(39)34-24(17-9-16(10-17)15-3-4-15)21-14-37-23(33-21)6-5-20(35-37)12-18-11-19(27(28,29)30)13-31-25(18)38/h5-8,14-19,24H,2-4,9-13H2,1H3,(H,31,38)(H,34,39)/t16-,17+,18?,19-,24+/m1/s1. The summed E-state index contributed by atoms with van der Waals surface area (Å²) in [6, 6.07) is 4.86. The van der Waals surface area contributed by atoms with Crippen LogP contribution in [0.2, 0.25) is 0 Å². The van der Waals surface area contributed by atoms with E-state index in [-0.39, 0.29) is 43.2 Å². The van der Waals surface area contributed by atoms with E-state index in [2.05, 4.69) is 20.8 Å². The van der Waals surface area contributed by atoms with Crippen molar-refractivity contribution in [2.75, 3.05) is 6.54 Å². The molecule has 3 aliphatic rings. The van der Waals surface area contributed by atoms with Gasteiger partial charge in [-0.25, -0.2) is 9.50 Å². The van der Waals surface area contributed by atoms with Crippen molar-refractivity contribution in [2.24, 2.45) is 29.6 Å². The molecule has 4 heterocycles. The lowest BCUT2D eigenvalue weighted by molar-refractivity contribution is -0.183. The molecule has 1 saturated heterocycles. The third-order valence-corrected chi connectivity index (χ3v) is 8.60. The van der Waals surface area contributed by atoms with Crippen LogP contribution in [0.1, 0.15) is 66.9 Å². The van der Waals surface area contributed by atoms with Crippen LogP contribution in [-0.2, 0) is 17.8 Å². The van der Waals surface area contributed by atoms with Gasteiger partial charge in [-0.15, -0.1) is 0 Å². The number of aryl methyl sites for hydroxylation is 1. The highest BCUT2D eigenvalue weighted by atomic mass is 19.4. The lowest BCUT2D eigenvalue weighted by atomic mass is 9.68. The van der Waals surface area contributed by atoms with Crippen LogP contribution in [-0.4, -0.2) is 48.9 Å². The topological polar surface area (TPSA) is 106 Å². The lowest BCUT2D eigenvalue weighted by Crippen LogP contribution is -2.47. The highest BCUT2D eigenvalue weighted by Gasteiger charge is 2.46. The van der Waals surface area contributed by atoms with Crippen LogP contribution in [0.3, 0.4) is 0 Å². The average molecular weight is 544 g/mol.